The van der Waals surface area contributed by atoms with E-state index in [0.29, 0.717) is 30.3 Å². The lowest BCUT2D eigenvalue weighted by atomic mass is 10.1. The van der Waals surface area contributed by atoms with E-state index in [1.54, 1.807) is 23.0 Å². The fourth-order valence-electron chi connectivity index (χ4n) is 2.78. The van der Waals surface area contributed by atoms with Gasteiger partial charge in [-0.15, -0.1) is 0 Å². The number of benzene rings is 2. The van der Waals surface area contributed by atoms with Gasteiger partial charge < -0.3 is 10.1 Å². The predicted molar refractivity (Wildman–Crippen MR) is 116 cm³/mol. The van der Waals surface area contributed by atoms with Crippen LogP contribution in [0.1, 0.15) is 33.6 Å². The van der Waals surface area contributed by atoms with Gasteiger partial charge in [0.2, 0.25) is 0 Å². The summed E-state index contributed by atoms with van der Waals surface area (Å²) < 4.78 is 7.58. The summed E-state index contributed by atoms with van der Waals surface area (Å²) in [6, 6.07) is 13.0. The number of nitrogens with one attached hydrogen (secondary N) is 1. The van der Waals surface area contributed by atoms with E-state index >= 15 is 0 Å². The highest BCUT2D eigenvalue weighted by atomic mass is 35.5. The van der Waals surface area contributed by atoms with Crippen LogP contribution in [0.5, 0.6) is 5.75 Å². The number of nitrogens with zero attached hydrogens (tertiary/aromatic N) is 2. The molecule has 0 unspecified atom stereocenters. The highest BCUT2D eigenvalue weighted by molar-refractivity contribution is 6.31. The minimum atomic E-state index is -0.0968. The quantitative estimate of drug-likeness (QED) is 0.498. The number of carbonyl (C=O) groups is 1. The van der Waals surface area contributed by atoms with Crippen molar-refractivity contribution in [2.45, 2.75) is 33.4 Å². The number of aromatic nitrogens is 2. The lowest BCUT2D eigenvalue weighted by Crippen LogP contribution is -2.25. The number of halogens is 2. The number of hydrogen-bond acceptors (Lipinski definition) is 3. The molecule has 0 saturated carbocycles. The standard InChI is InChI=1S/C22H23Cl2N3O2/c1-15-12-19(8-9-20(15)23)29-14-17-4-6-18(7-5-17)22(28)25-10-3-11-27-13-21(24)16(2)26-27/h4-9,12-13H,3,10-11,14H2,1-2H3,(H,25,28). The lowest BCUT2D eigenvalue weighted by molar-refractivity contribution is 0.0952. The molecule has 2 aromatic carbocycles. The maximum atomic E-state index is 12.3. The van der Waals surface area contributed by atoms with Crippen LogP contribution in [0.3, 0.4) is 0 Å². The van der Waals surface area contributed by atoms with Crippen LogP contribution in [-0.2, 0) is 13.2 Å². The Labute approximate surface area is 180 Å². The van der Waals surface area contributed by atoms with E-state index in [4.69, 9.17) is 27.9 Å². The van der Waals surface area contributed by atoms with Crippen LogP contribution in [0.4, 0.5) is 0 Å². The topological polar surface area (TPSA) is 56.1 Å². The Morgan fingerprint density at radius 2 is 1.86 bits per heavy atom. The molecule has 1 N–H and O–H groups in total. The zero-order chi connectivity index (χ0) is 20.8. The molecule has 1 amide bonds. The van der Waals surface area contributed by atoms with Gasteiger partial charge in [0, 0.05) is 29.9 Å². The van der Waals surface area contributed by atoms with Crippen LogP contribution < -0.4 is 10.1 Å². The van der Waals surface area contributed by atoms with Crippen LogP contribution in [0.15, 0.2) is 48.7 Å². The van der Waals surface area contributed by atoms with Crippen molar-refractivity contribution in [3.63, 3.8) is 0 Å². The minimum Gasteiger partial charge on any atom is -0.489 e. The molecular formula is C22H23Cl2N3O2. The number of rotatable bonds is 8. The molecule has 0 bridgehead atoms. The Morgan fingerprint density at radius 1 is 1.10 bits per heavy atom. The maximum Gasteiger partial charge on any atom is 0.251 e. The molecule has 0 aliphatic heterocycles. The number of ether oxygens (including phenoxy) is 1. The van der Waals surface area contributed by atoms with Crippen LogP contribution in [0.2, 0.25) is 10.0 Å². The number of hydrogen-bond donors (Lipinski definition) is 1. The van der Waals surface area contributed by atoms with Crippen molar-refractivity contribution >= 4 is 29.1 Å². The van der Waals surface area contributed by atoms with Gasteiger partial charge in [0.05, 0.1) is 10.7 Å². The summed E-state index contributed by atoms with van der Waals surface area (Å²) in [5.41, 5.74) is 3.39. The Hall–Kier alpha value is -2.50. The first-order chi connectivity index (χ1) is 13.9. The lowest BCUT2D eigenvalue weighted by Gasteiger charge is -2.09. The zero-order valence-electron chi connectivity index (χ0n) is 16.4. The molecule has 0 fully saturated rings. The maximum absolute atomic E-state index is 12.3. The van der Waals surface area contributed by atoms with Gasteiger partial charge in [0.25, 0.3) is 5.91 Å². The highest BCUT2D eigenvalue weighted by Crippen LogP contribution is 2.22. The largest absolute Gasteiger partial charge is 0.489 e. The predicted octanol–water partition coefficient (Wildman–Crippen LogP) is 5.21. The summed E-state index contributed by atoms with van der Waals surface area (Å²) in [7, 11) is 0. The average molecular weight is 432 g/mol. The molecule has 152 valence electrons. The number of carbonyl (C=O) groups excluding carboxylic acids is 1. The molecular weight excluding hydrogens is 409 g/mol. The highest BCUT2D eigenvalue weighted by Gasteiger charge is 2.06. The molecule has 0 aliphatic rings. The SMILES string of the molecule is Cc1cc(OCc2ccc(C(=O)NCCCn3cc(Cl)c(C)n3)cc2)ccc1Cl. The molecule has 7 heteroatoms. The third-order valence-electron chi connectivity index (χ3n) is 4.49. The normalized spacial score (nSPS) is 10.8. The van der Waals surface area contributed by atoms with Gasteiger partial charge in [0.1, 0.15) is 12.4 Å². The third kappa shape index (κ3) is 5.99. The fourth-order valence-corrected chi connectivity index (χ4v) is 3.05. The van der Waals surface area contributed by atoms with Crippen molar-refractivity contribution in [2.75, 3.05) is 6.54 Å². The van der Waals surface area contributed by atoms with Gasteiger partial charge in [0.15, 0.2) is 0 Å². The molecule has 1 aromatic heterocycles. The van der Waals surface area contributed by atoms with Crippen molar-refractivity contribution in [3.05, 3.63) is 81.1 Å². The Kier molecular flexibility index (Phi) is 7.18. The summed E-state index contributed by atoms with van der Waals surface area (Å²) >= 11 is 12.0. The van der Waals surface area contributed by atoms with Crippen molar-refractivity contribution < 1.29 is 9.53 Å². The summed E-state index contributed by atoms with van der Waals surface area (Å²) in [4.78, 5) is 12.3. The Balaban J connectivity index is 1.43. The van der Waals surface area contributed by atoms with Gasteiger partial charge in [-0.05, 0) is 61.7 Å². The van der Waals surface area contributed by atoms with E-state index in [1.165, 1.54) is 0 Å². The molecule has 0 aliphatic carbocycles. The fraction of sp³-hybridized carbons (Fsp3) is 0.273. The van der Waals surface area contributed by atoms with Gasteiger partial charge in [-0.3, -0.25) is 9.48 Å². The first-order valence-electron chi connectivity index (χ1n) is 9.38. The van der Waals surface area contributed by atoms with E-state index in [9.17, 15) is 4.79 Å². The Morgan fingerprint density at radius 3 is 2.52 bits per heavy atom. The molecule has 0 saturated heterocycles. The second kappa shape index (κ2) is 9.81. The molecule has 1 heterocycles. The number of amides is 1. The molecule has 5 nitrogen and oxygen atoms in total. The van der Waals surface area contributed by atoms with E-state index in [-0.39, 0.29) is 5.91 Å². The minimum absolute atomic E-state index is 0.0968. The summed E-state index contributed by atoms with van der Waals surface area (Å²) in [5.74, 6) is 0.669. The van der Waals surface area contributed by atoms with Crippen LogP contribution in [0.25, 0.3) is 0 Å². The molecule has 29 heavy (non-hydrogen) atoms. The van der Waals surface area contributed by atoms with Gasteiger partial charge in [-0.2, -0.15) is 5.10 Å². The van der Waals surface area contributed by atoms with Crippen molar-refractivity contribution in [3.8, 4) is 5.75 Å². The molecule has 0 atom stereocenters. The summed E-state index contributed by atoms with van der Waals surface area (Å²) in [5, 5.41) is 8.59. The third-order valence-corrected chi connectivity index (χ3v) is 5.28. The molecule has 0 radical (unpaired) electrons. The average Bonchev–Trinajstić information content (AvgIpc) is 3.04. The van der Waals surface area contributed by atoms with Crippen molar-refractivity contribution in [2.24, 2.45) is 0 Å². The van der Waals surface area contributed by atoms with E-state index in [2.05, 4.69) is 10.4 Å². The zero-order valence-corrected chi connectivity index (χ0v) is 17.9. The first-order valence-corrected chi connectivity index (χ1v) is 10.1. The van der Waals surface area contributed by atoms with Crippen LogP contribution in [-0.4, -0.2) is 22.2 Å². The smallest absolute Gasteiger partial charge is 0.251 e. The number of aryl methyl sites for hydroxylation is 3. The monoisotopic (exact) mass is 431 g/mol. The van der Waals surface area contributed by atoms with Crippen LogP contribution >= 0.6 is 23.2 Å². The molecule has 3 rings (SSSR count). The van der Waals surface area contributed by atoms with E-state index in [1.807, 2.05) is 44.2 Å². The van der Waals surface area contributed by atoms with E-state index < -0.39 is 0 Å². The van der Waals surface area contributed by atoms with E-state index in [0.717, 1.165) is 34.0 Å². The second-order valence-electron chi connectivity index (χ2n) is 6.83. The van der Waals surface area contributed by atoms with Gasteiger partial charge >= 0.3 is 0 Å². The van der Waals surface area contributed by atoms with Gasteiger partial charge in [-0.25, -0.2) is 0 Å². The molecule has 0 spiro atoms. The van der Waals surface area contributed by atoms with Crippen molar-refractivity contribution in [1.29, 1.82) is 0 Å². The Bertz CT molecular complexity index is 965. The van der Waals surface area contributed by atoms with Crippen LogP contribution in [0, 0.1) is 13.8 Å². The van der Waals surface area contributed by atoms with Crippen molar-refractivity contribution in [1.82, 2.24) is 15.1 Å². The first kappa shape index (κ1) is 21.2. The summed E-state index contributed by atoms with van der Waals surface area (Å²) in [6.45, 7) is 5.50. The summed E-state index contributed by atoms with van der Waals surface area (Å²) in [6.07, 6.45) is 2.57. The van der Waals surface area contributed by atoms with Gasteiger partial charge in [-0.1, -0.05) is 35.3 Å². The second-order valence-corrected chi connectivity index (χ2v) is 7.65. The molecule has 3 aromatic rings.